The van der Waals surface area contributed by atoms with Crippen molar-refractivity contribution < 1.29 is 14.3 Å². The number of epoxide rings is 1. The average Bonchev–Trinajstić information content (AvgIpc) is 3.00. The van der Waals surface area contributed by atoms with E-state index < -0.39 is 0 Å². The van der Waals surface area contributed by atoms with Crippen molar-refractivity contribution in [1.82, 2.24) is 0 Å². The Bertz CT molecular complexity index is 264. The number of carbonyl (C=O) groups is 1. The Balaban J connectivity index is 1.66. The van der Waals surface area contributed by atoms with Crippen LogP contribution in [-0.4, -0.2) is 24.8 Å². The second-order valence-corrected chi connectivity index (χ2v) is 5.06. The molecule has 3 aliphatic rings. The first kappa shape index (κ1) is 9.64. The molecule has 0 aromatic rings. The standard InChI is InChI=1S/C12H18O3/c13-11-7-8(3-2-6-14-11)9-4-1-5-10-12(9)15-10/h8-10,12H,1-7H2. The smallest absolute Gasteiger partial charge is 0.306 e. The lowest BCUT2D eigenvalue weighted by atomic mass is 9.77. The highest BCUT2D eigenvalue weighted by Gasteiger charge is 2.49. The Hall–Kier alpha value is -0.570. The van der Waals surface area contributed by atoms with Crippen molar-refractivity contribution in [3.63, 3.8) is 0 Å². The molecule has 0 bridgehead atoms. The van der Waals surface area contributed by atoms with Gasteiger partial charge in [0.2, 0.25) is 0 Å². The van der Waals surface area contributed by atoms with E-state index in [2.05, 4.69) is 0 Å². The Morgan fingerprint density at radius 2 is 2.07 bits per heavy atom. The molecule has 84 valence electrons. The lowest BCUT2D eigenvalue weighted by Gasteiger charge is -2.25. The molecule has 0 amide bonds. The van der Waals surface area contributed by atoms with Crippen LogP contribution in [0.3, 0.4) is 0 Å². The lowest BCUT2D eigenvalue weighted by molar-refractivity contribution is -0.143. The molecular formula is C12H18O3. The number of hydrogen-bond acceptors (Lipinski definition) is 3. The number of carbonyl (C=O) groups excluding carboxylic acids is 1. The first-order valence-corrected chi connectivity index (χ1v) is 6.15. The molecule has 2 aliphatic heterocycles. The van der Waals surface area contributed by atoms with Crippen LogP contribution in [0, 0.1) is 11.8 Å². The van der Waals surface area contributed by atoms with Crippen molar-refractivity contribution >= 4 is 5.97 Å². The van der Waals surface area contributed by atoms with Crippen molar-refractivity contribution in [3.05, 3.63) is 0 Å². The molecule has 3 rings (SSSR count). The second-order valence-electron chi connectivity index (χ2n) is 5.06. The summed E-state index contributed by atoms with van der Waals surface area (Å²) in [4.78, 5) is 11.4. The highest BCUT2D eigenvalue weighted by atomic mass is 16.6. The van der Waals surface area contributed by atoms with Gasteiger partial charge in [-0.3, -0.25) is 4.79 Å². The molecule has 0 aromatic heterocycles. The normalized spacial score (nSPS) is 45.2. The SMILES string of the molecule is O=C1CC(C2CCCC3OC32)CCCO1. The first-order chi connectivity index (χ1) is 7.34. The molecule has 3 heteroatoms. The van der Waals surface area contributed by atoms with Crippen LogP contribution in [0.1, 0.15) is 38.5 Å². The third kappa shape index (κ3) is 1.89. The maximum Gasteiger partial charge on any atom is 0.306 e. The number of esters is 1. The molecule has 0 spiro atoms. The van der Waals surface area contributed by atoms with Gasteiger partial charge in [-0.1, -0.05) is 6.42 Å². The van der Waals surface area contributed by atoms with Gasteiger partial charge in [-0.15, -0.1) is 0 Å². The van der Waals surface area contributed by atoms with E-state index in [0.29, 0.717) is 37.1 Å². The molecule has 2 saturated heterocycles. The van der Waals surface area contributed by atoms with E-state index in [4.69, 9.17) is 9.47 Å². The minimum atomic E-state index is 0.000253. The van der Waals surface area contributed by atoms with Gasteiger partial charge in [0.25, 0.3) is 0 Å². The molecule has 4 unspecified atom stereocenters. The predicted octanol–water partition coefficient (Wildman–Crippen LogP) is 1.90. The Morgan fingerprint density at radius 1 is 1.13 bits per heavy atom. The molecule has 15 heavy (non-hydrogen) atoms. The molecule has 0 N–H and O–H groups in total. The van der Waals surface area contributed by atoms with Crippen molar-refractivity contribution in [3.8, 4) is 0 Å². The quantitative estimate of drug-likeness (QED) is 0.490. The van der Waals surface area contributed by atoms with Crippen LogP contribution in [0.15, 0.2) is 0 Å². The maximum atomic E-state index is 11.4. The Labute approximate surface area is 90.1 Å². The van der Waals surface area contributed by atoms with Crippen LogP contribution >= 0.6 is 0 Å². The summed E-state index contributed by atoms with van der Waals surface area (Å²) in [5.41, 5.74) is 0. The van der Waals surface area contributed by atoms with E-state index in [1.807, 2.05) is 0 Å². The molecular weight excluding hydrogens is 192 g/mol. The Kier molecular flexibility index (Phi) is 2.43. The van der Waals surface area contributed by atoms with E-state index in [1.54, 1.807) is 0 Å². The monoisotopic (exact) mass is 210 g/mol. The summed E-state index contributed by atoms with van der Waals surface area (Å²) in [5.74, 6) is 1.16. The van der Waals surface area contributed by atoms with Gasteiger partial charge in [0.15, 0.2) is 0 Å². The van der Waals surface area contributed by atoms with E-state index in [1.165, 1.54) is 19.3 Å². The van der Waals surface area contributed by atoms with Crippen LogP contribution in [0.4, 0.5) is 0 Å². The fraction of sp³-hybridized carbons (Fsp3) is 0.917. The predicted molar refractivity (Wildman–Crippen MR) is 54.3 cm³/mol. The minimum Gasteiger partial charge on any atom is -0.466 e. The molecule has 0 aromatic carbocycles. The zero-order chi connectivity index (χ0) is 10.3. The number of ether oxygens (including phenoxy) is 2. The summed E-state index contributed by atoms with van der Waals surface area (Å²) >= 11 is 0. The summed E-state index contributed by atoms with van der Waals surface area (Å²) in [7, 11) is 0. The number of hydrogen-bond donors (Lipinski definition) is 0. The highest BCUT2D eigenvalue weighted by Crippen LogP contribution is 2.46. The van der Waals surface area contributed by atoms with Gasteiger partial charge < -0.3 is 9.47 Å². The summed E-state index contributed by atoms with van der Waals surface area (Å²) in [6.07, 6.45) is 7.57. The third-order valence-corrected chi connectivity index (χ3v) is 4.09. The number of rotatable bonds is 1. The van der Waals surface area contributed by atoms with Crippen molar-refractivity contribution in [2.75, 3.05) is 6.61 Å². The number of fused-ring (bicyclic) bond motifs is 1. The third-order valence-electron chi connectivity index (χ3n) is 4.09. The fourth-order valence-corrected chi connectivity index (χ4v) is 3.26. The van der Waals surface area contributed by atoms with Crippen LogP contribution in [0.5, 0.6) is 0 Å². The maximum absolute atomic E-state index is 11.4. The topological polar surface area (TPSA) is 38.8 Å². The minimum absolute atomic E-state index is 0.000253. The van der Waals surface area contributed by atoms with E-state index in [9.17, 15) is 4.79 Å². The van der Waals surface area contributed by atoms with Gasteiger partial charge in [-0.2, -0.15) is 0 Å². The molecule has 4 atom stereocenters. The first-order valence-electron chi connectivity index (χ1n) is 6.15. The average molecular weight is 210 g/mol. The van der Waals surface area contributed by atoms with Gasteiger partial charge in [0, 0.05) is 6.42 Å². The Morgan fingerprint density at radius 3 is 3.00 bits per heavy atom. The second kappa shape index (κ2) is 3.78. The molecule has 1 aliphatic carbocycles. The van der Waals surface area contributed by atoms with Crippen LogP contribution in [-0.2, 0) is 14.3 Å². The van der Waals surface area contributed by atoms with E-state index in [-0.39, 0.29) is 5.97 Å². The van der Waals surface area contributed by atoms with Crippen LogP contribution in [0.2, 0.25) is 0 Å². The number of cyclic esters (lactones) is 1. The van der Waals surface area contributed by atoms with Gasteiger partial charge in [-0.05, 0) is 37.5 Å². The summed E-state index contributed by atoms with van der Waals surface area (Å²) in [5, 5.41) is 0. The van der Waals surface area contributed by atoms with E-state index in [0.717, 1.165) is 12.8 Å². The molecule has 3 fully saturated rings. The molecule has 1 saturated carbocycles. The van der Waals surface area contributed by atoms with Crippen LogP contribution < -0.4 is 0 Å². The van der Waals surface area contributed by atoms with Crippen molar-refractivity contribution in [2.24, 2.45) is 11.8 Å². The van der Waals surface area contributed by atoms with Gasteiger partial charge in [0.1, 0.15) is 0 Å². The molecule has 3 nitrogen and oxygen atoms in total. The fourth-order valence-electron chi connectivity index (χ4n) is 3.26. The van der Waals surface area contributed by atoms with Crippen LogP contribution in [0.25, 0.3) is 0 Å². The van der Waals surface area contributed by atoms with Crippen molar-refractivity contribution in [1.29, 1.82) is 0 Å². The van der Waals surface area contributed by atoms with Crippen molar-refractivity contribution in [2.45, 2.75) is 50.7 Å². The summed E-state index contributed by atoms with van der Waals surface area (Å²) in [6.45, 7) is 0.622. The largest absolute Gasteiger partial charge is 0.466 e. The van der Waals surface area contributed by atoms with E-state index >= 15 is 0 Å². The highest BCUT2D eigenvalue weighted by molar-refractivity contribution is 5.69. The van der Waals surface area contributed by atoms with Gasteiger partial charge in [0.05, 0.1) is 18.8 Å². The summed E-state index contributed by atoms with van der Waals surface area (Å²) in [6, 6.07) is 0. The zero-order valence-electron chi connectivity index (χ0n) is 8.98. The molecule has 2 heterocycles. The van der Waals surface area contributed by atoms with Gasteiger partial charge in [-0.25, -0.2) is 0 Å². The summed E-state index contributed by atoms with van der Waals surface area (Å²) < 4.78 is 10.8. The zero-order valence-corrected chi connectivity index (χ0v) is 8.98. The molecule has 0 radical (unpaired) electrons. The lowest BCUT2D eigenvalue weighted by Crippen LogP contribution is -2.26. The van der Waals surface area contributed by atoms with Gasteiger partial charge >= 0.3 is 5.97 Å².